The van der Waals surface area contributed by atoms with Crippen molar-refractivity contribution in [1.29, 1.82) is 0 Å². The summed E-state index contributed by atoms with van der Waals surface area (Å²) < 4.78 is 15.5. The molecule has 2 rings (SSSR count). The highest BCUT2D eigenvalue weighted by molar-refractivity contribution is 9.10. The predicted molar refractivity (Wildman–Crippen MR) is 71.2 cm³/mol. The van der Waals surface area contributed by atoms with Gasteiger partial charge in [-0.3, -0.25) is 4.79 Å². The van der Waals surface area contributed by atoms with E-state index in [1.54, 1.807) is 19.2 Å². The lowest BCUT2D eigenvalue weighted by molar-refractivity contribution is 0.572. The summed E-state index contributed by atoms with van der Waals surface area (Å²) in [5.74, 6) is -0.365. The second kappa shape index (κ2) is 5.30. The van der Waals surface area contributed by atoms with Crippen LogP contribution in [0.1, 0.15) is 5.56 Å². The maximum absolute atomic E-state index is 13.6. The number of nitrogens with one attached hydrogen (secondary N) is 1. The van der Waals surface area contributed by atoms with Gasteiger partial charge in [0.1, 0.15) is 5.82 Å². The molecule has 94 valence electrons. The predicted octanol–water partition coefficient (Wildman–Crippen LogP) is 2.23. The van der Waals surface area contributed by atoms with Gasteiger partial charge in [-0.15, -0.1) is 0 Å². The van der Waals surface area contributed by atoms with Gasteiger partial charge in [0, 0.05) is 23.2 Å². The SMILES string of the molecule is CNc1cnn(Cc2ccc(Br)cc2F)c(=O)c1. The molecular formula is C12H11BrFN3O. The first kappa shape index (κ1) is 12.8. The van der Waals surface area contributed by atoms with Gasteiger partial charge in [-0.05, 0) is 12.1 Å². The Balaban J connectivity index is 2.31. The fourth-order valence-electron chi connectivity index (χ4n) is 1.50. The second-order valence-corrected chi connectivity index (χ2v) is 4.64. The third-order valence-electron chi connectivity index (χ3n) is 2.49. The molecule has 4 nitrogen and oxygen atoms in total. The number of benzene rings is 1. The number of hydrogen-bond acceptors (Lipinski definition) is 3. The Bertz CT molecular complexity index is 627. The van der Waals surface area contributed by atoms with Crippen molar-refractivity contribution in [2.75, 3.05) is 12.4 Å². The molecule has 0 fully saturated rings. The van der Waals surface area contributed by atoms with Gasteiger partial charge in [0.25, 0.3) is 5.56 Å². The molecule has 0 bridgehead atoms. The Labute approximate surface area is 112 Å². The van der Waals surface area contributed by atoms with E-state index in [1.807, 2.05) is 0 Å². The Morgan fingerprint density at radius 2 is 2.22 bits per heavy atom. The minimum Gasteiger partial charge on any atom is -0.387 e. The quantitative estimate of drug-likeness (QED) is 0.945. The Hall–Kier alpha value is -1.69. The van der Waals surface area contributed by atoms with Crippen molar-refractivity contribution in [3.8, 4) is 0 Å². The van der Waals surface area contributed by atoms with Crippen LogP contribution in [0.15, 0.2) is 39.7 Å². The highest BCUT2D eigenvalue weighted by Crippen LogP contribution is 2.15. The van der Waals surface area contributed by atoms with Crippen LogP contribution in [-0.2, 0) is 6.54 Å². The first-order valence-corrected chi connectivity index (χ1v) is 6.08. The number of anilines is 1. The third kappa shape index (κ3) is 2.76. The molecule has 0 atom stereocenters. The normalized spacial score (nSPS) is 10.4. The summed E-state index contributed by atoms with van der Waals surface area (Å²) in [5, 5.41) is 6.79. The van der Waals surface area contributed by atoms with Gasteiger partial charge in [-0.2, -0.15) is 5.10 Å². The summed E-state index contributed by atoms with van der Waals surface area (Å²) in [5.41, 5.74) is 0.779. The molecule has 0 saturated heterocycles. The zero-order valence-electron chi connectivity index (χ0n) is 9.65. The van der Waals surface area contributed by atoms with Crippen LogP contribution in [-0.4, -0.2) is 16.8 Å². The molecular weight excluding hydrogens is 301 g/mol. The zero-order valence-corrected chi connectivity index (χ0v) is 11.2. The van der Waals surface area contributed by atoms with E-state index in [0.717, 1.165) is 0 Å². The minimum absolute atomic E-state index is 0.113. The lowest BCUT2D eigenvalue weighted by Crippen LogP contribution is -2.23. The van der Waals surface area contributed by atoms with Crippen LogP contribution in [0.3, 0.4) is 0 Å². The number of aromatic nitrogens is 2. The molecule has 1 aromatic heterocycles. The molecule has 0 radical (unpaired) electrons. The topological polar surface area (TPSA) is 46.9 Å². The molecule has 0 aliphatic heterocycles. The second-order valence-electron chi connectivity index (χ2n) is 3.73. The lowest BCUT2D eigenvalue weighted by atomic mass is 10.2. The maximum atomic E-state index is 13.6. The molecule has 0 unspecified atom stereocenters. The first-order valence-electron chi connectivity index (χ1n) is 5.29. The largest absolute Gasteiger partial charge is 0.387 e. The number of hydrogen-bond donors (Lipinski definition) is 1. The van der Waals surface area contributed by atoms with E-state index in [9.17, 15) is 9.18 Å². The van der Waals surface area contributed by atoms with Crippen molar-refractivity contribution in [3.63, 3.8) is 0 Å². The monoisotopic (exact) mass is 311 g/mol. The molecule has 0 amide bonds. The van der Waals surface area contributed by atoms with Crippen LogP contribution < -0.4 is 10.9 Å². The summed E-state index contributed by atoms with van der Waals surface area (Å²) in [7, 11) is 1.70. The van der Waals surface area contributed by atoms with Crippen molar-refractivity contribution < 1.29 is 4.39 Å². The lowest BCUT2D eigenvalue weighted by Gasteiger charge is -2.07. The van der Waals surface area contributed by atoms with Crippen LogP contribution in [0.4, 0.5) is 10.1 Å². The van der Waals surface area contributed by atoms with E-state index >= 15 is 0 Å². The molecule has 6 heteroatoms. The van der Waals surface area contributed by atoms with Gasteiger partial charge >= 0.3 is 0 Å². The van der Waals surface area contributed by atoms with E-state index < -0.39 is 0 Å². The molecule has 18 heavy (non-hydrogen) atoms. The van der Waals surface area contributed by atoms with Gasteiger partial charge in [0.05, 0.1) is 18.4 Å². The van der Waals surface area contributed by atoms with Gasteiger partial charge in [0.15, 0.2) is 0 Å². The van der Waals surface area contributed by atoms with E-state index in [1.165, 1.54) is 23.0 Å². The average molecular weight is 312 g/mol. The van der Waals surface area contributed by atoms with Gasteiger partial charge in [0.2, 0.25) is 0 Å². The summed E-state index contributed by atoms with van der Waals surface area (Å²) >= 11 is 3.18. The number of rotatable bonds is 3. The highest BCUT2D eigenvalue weighted by atomic mass is 79.9. The molecule has 1 heterocycles. The van der Waals surface area contributed by atoms with Crippen molar-refractivity contribution in [3.05, 3.63) is 56.7 Å². The molecule has 0 spiro atoms. The van der Waals surface area contributed by atoms with Crippen molar-refractivity contribution in [1.82, 2.24) is 9.78 Å². The third-order valence-corrected chi connectivity index (χ3v) is 2.99. The van der Waals surface area contributed by atoms with Crippen molar-refractivity contribution >= 4 is 21.6 Å². The van der Waals surface area contributed by atoms with Crippen molar-refractivity contribution in [2.45, 2.75) is 6.54 Å². The highest BCUT2D eigenvalue weighted by Gasteiger charge is 2.06. The molecule has 0 aliphatic rings. The van der Waals surface area contributed by atoms with Crippen LogP contribution in [0.25, 0.3) is 0 Å². The summed E-state index contributed by atoms with van der Waals surface area (Å²) in [6.07, 6.45) is 1.53. The van der Waals surface area contributed by atoms with Crippen molar-refractivity contribution in [2.24, 2.45) is 0 Å². The smallest absolute Gasteiger partial charge is 0.269 e. The van der Waals surface area contributed by atoms with Gasteiger partial charge in [-0.25, -0.2) is 9.07 Å². The van der Waals surface area contributed by atoms with Crippen LogP contribution in [0.5, 0.6) is 0 Å². The summed E-state index contributed by atoms with van der Waals surface area (Å²) in [6, 6.07) is 6.14. The molecule has 1 N–H and O–H groups in total. The summed E-state index contributed by atoms with van der Waals surface area (Å²) in [4.78, 5) is 11.7. The fourth-order valence-corrected chi connectivity index (χ4v) is 1.83. The molecule has 0 aliphatic carbocycles. The fraction of sp³-hybridized carbons (Fsp3) is 0.167. The van der Waals surface area contributed by atoms with E-state index in [2.05, 4.69) is 26.3 Å². The van der Waals surface area contributed by atoms with E-state index in [-0.39, 0.29) is 17.9 Å². The van der Waals surface area contributed by atoms with Crippen LogP contribution in [0, 0.1) is 5.82 Å². The number of halogens is 2. The van der Waals surface area contributed by atoms with E-state index in [4.69, 9.17) is 0 Å². The molecule has 2 aromatic rings. The minimum atomic E-state index is -0.365. The number of nitrogens with zero attached hydrogens (tertiary/aromatic N) is 2. The Kier molecular flexibility index (Phi) is 3.76. The van der Waals surface area contributed by atoms with Crippen LogP contribution >= 0.6 is 15.9 Å². The Morgan fingerprint density at radius 1 is 1.44 bits per heavy atom. The van der Waals surface area contributed by atoms with Gasteiger partial charge in [-0.1, -0.05) is 22.0 Å². The van der Waals surface area contributed by atoms with E-state index in [0.29, 0.717) is 15.7 Å². The first-order chi connectivity index (χ1) is 8.60. The average Bonchev–Trinajstić information content (AvgIpc) is 2.34. The standard InChI is InChI=1S/C12H11BrFN3O/c1-15-10-5-12(18)17(16-6-10)7-8-2-3-9(13)4-11(8)14/h2-6,15H,7H2,1H3. The summed E-state index contributed by atoms with van der Waals surface area (Å²) in [6.45, 7) is 0.113. The van der Waals surface area contributed by atoms with Crippen LogP contribution in [0.2, 0.25) is 0 Å². The zero-order chi connectivity index (χ0) is 13.1. The molecule has 1 aromatic carbocycles. The molecule has 0 saturated carbocycles. The van der Waals surface area contributed by atoms with Gasteiger partial charge < -0.3 is 5.32 Å². The Morgan fingerprint density at radius 3 is 2.83 bits per heavy atom. The maximum Gasteiger partial charge on any atom is 0.269 e.